The predicted octanol–water partition coefficient (Wildman–Crippen LogP) is 0.0400. The van der Waals surface area contributed by atoms with Crippen LogP contribution in [0.25, 0.3) is 0 Å². The molecular weight excluding hydrogens is 336 g/mol. The predicted molar refractivity (Wildman–Crippen MR) is 81.7 cm³/mol. The lowest BCUT2D eigenvalue weighted by atomic mass is 10.1. The van der Waals surface area contributed by atoms with E-state index in [1.54, 1.807) is 18.2 Å². The number of hydrogen-bond acceptors (Lipinski definition) is 6. The summed E-state index contributed by atoms with van der Waals surface area (Å²) in [5, 5.41) is 0. The molecule has 128 valence electrons. The first-order valence-corrected chi connectivity index (χ1v) is 9.08. The lowest BCUT2D eigenvalue weighted by Gasteiger charge is -2.42. The molecule has 1 aromatic rings. The van der Waals surface area contributed by atoms with Crippen molar-refractivity contribution < 1.29 is 27.5 Å². The van der Waals surface area contributed by atoms with Crippen molar-refractivity contribution in [2.24, 2.45) is 0 Å². The minimum absolute atomic E-state index is 0.137. The molecule has 2 heterocycles. The average molecular weight is 352 g/mol. The number of ether oxygens (including phenoxy) is 1. The first-order valence-electron chi connectivity index (χ1n) is 7.43. The largest absolute Gasteiger partial charge is 0.439 e. The third kappa shape index (κ3) is 3.12. The molecule has 0 spiro atoms. The SMILES string of the molecule is O=C(CCS(=O)(=O)c1ccccc1)N1CC(N2C(=O)COC2=O)C1. The Labute approximate surface area is 138 Å². The highest BCUT2D eigenvalue weighted by atomic mass is 32.2. The lowest BCUT2D eigenvalue weighted by Crippen LogP contribution is -2.62. The molecule has 3 rings (SSSR count). The minimum Gasteiger partial charge on any atom is -0.439 e. The van der Waals surface area contributed by atoms with Crippen molar-refractivity contribution in [3.8, 4) is 0 Å². The zero-order valence-electron chi connectivity index (χ0n) is 12.8. The topological polar surface area (TPSA) is 101 Å². The number of carbonyl (C=O) groups is 3. The Hall–Kier alpha value is -2.42. The second-order valence-electron chi connectivity index (χ2n) is 5.65. The van der Waals surface area contributed by atoms with E-state index in [2.05, 4.69) is 4.74 Å². The van der Waals surface area contributed by atoms with Gasteiger partial charge in [0.25, 0.3) is 5.91 Å². The van der Waals surface area contributed by atoms with Crippen LogP contribution in [0.4, 0.5) is 4.79 Å². The van der Waals surface area contributed by atoms with Gasteiger partial charge in [-0.3, -0.25) is 9.59 Å². The summed E-state index contributed by atoms with van der Waals surface area (Å²) in [4.78, 5) is 37.6. The molecule has 1 aromatic carbocycles. The smallest absolute Gasteiger partial charge is 0.417 e. The molecule has 2 saturated heterocycles. The second-order valence-corrected chi connectivity index (χ2v) is 7.76. The second kappa shape index (κ2) is 6.23. The van der Waals surface area contributed by atoms with Gasteiger partial charge < -0.3 is 9.64 Å². The first-order chi connectivity index (χ1) is 11.4. The summed E-state index contributed by atoms with van der Waals surface area (Å²) in [7, 11) is -3.51. The number of imide groups is 1. The van der Waals surface area contributed by atoms with E-state index >= 15 is 0 Å². The molecule has 0 aliphatic carbocycles. The number of benzene rings is 1. The number of carbonyl (C=O) groups excluding carboxylic acids is 3. The van der Waals surface area contributed by atoms with Crippen molar-refractivity contribution >= 4 is 27.7 Å². The van der Waals surface area contributed by atoms with Gasteiger partial charge >= 0.3 is 6.09 Å². The Kier molecular flexibility index (Phi) is 4.27. The maximum atomic E-state index is 12.1. The Bertz CT molecular complexity index is 754. The summed E-state index contributed by atoms with van der Waals surface area (Å²) in [6.07, 6.45) is -0.828. The Balaban J connectivity index is 1.51. The van der Waals surface area contributed by atoms with E-state index in [9.17, 15) is 22.8 Å². The van der Waals surface area contributed by atoms with E-state index in [4.69, 9.17) is 0 Å². The van der Waals surface area contributed by atoms with Gasteiger partial charge in [0.15, 0.2) is 16.4 Å². The Morgan fingerprint density at radius 2 is 1.83 bits per heavy atom. The summed E-state index contributed by atoms with van der Waals surface area (Å²) < 4.78 is 28.9. The zero-order valence-corrected chi connectivity index (χ0v) is 13.6. The van der Waals surface area contributed by atoms with Crippen LogP contribution in [-0.4, -0.2) is 67.6 Å². The maximum absolute atomic E-state index is 12.1. The number of likely N-dealkylation sites (tertiary alicyclic amines) is 1. The highest BCUT2D eigenvalue weighted by Gasteiger charge is 2.44. The molecule has 0 radical (unpaired) electrons. The average Bonchev–Trinajstić information content (AvgIpc) is 2.85. The van der Waals surface area contributed by atoms with E-state index in [1.807, 2.05) is 0 Å². The highest BCUT2D eigenvalue weighted by Crippen LogP contribution is 2.21. The Morgan fingerprint density at radius 3 is 2.42 bits per heavy atom. The van der Waals surface area contributed by atoms with Crippen molar-refractivity contribution in [1.29, 1.82) is 0 Å². The molecule has 0 atom stereocenters. The van der Waals surface area contributed by atoms with Gasteiger partial charge in [-0.1, -0.05) is 18.2 Å². The third-order valence-electron chi connectivity index (χ3n) is 4.05. The molecule has 0 unspecified atom stereocenters. The summed E-state index contributed by atoms with van der Waals surface area (Å²) >= 11 is 0. The maximum Gasteiger partial charge on any atom is 0.417 e. The van der Waals surface area contributed by atoms with Gasteiger partial charge in [0, 0.05) is 19.5 Å². The first kappa shape index (κ1) is 16.4. The van der Waals surface area contributed by atoms with E-state index in [0.29, 0.717) is 0 Å². The standard InChI is InChI=1S/C15H16N2O6S/c18-13(6-7-24(21,22)12-4-2-1-3-5-12)16-8-11(9-16)17-14(19)10-23-15(17)20/h1-5,11H,6-10H2. The number of sulfone groups is 1. The fraction of sp³-hybridized carbons (Fsp3) is 0.400. The quantitative estimate of drug-likeness (QED) is 0.742. The van der Waals surface area contributed by atoms with Gasteiger partial charge in [0.2, 0.25) is 5.91 Å². The summed E-state index contributed by atoms with van der Waals surface area (Å²) in [5.41, 5.74) is 0. The molecule has 8 nitrogen and oxygen atoms in total. The van der Waals surface area contributed by atoms with Crippen LogP contribution in [0.1, 0.15) is 6.42 Å². The van der Waals surface area contributed by atoms with Gasteiger partial charge in [-0.15, -0.1) is 0 Å². The number of amides is 3. The van der Waals surface area contributed by atoms with Gasteiger partial charge in [-0.25, -0.2) is 18.1 Å². The van der Waals surface area contributed by atoms with Crippen LogP contribution < -0.4 is 0 Å². The van der Waals surface area contributed by atoms with Crippen LogP contribution in [0.5, 0.6) is 0 Å². The summed E-state index contributed by atoms with van der Waals surface area (Å²) in [5.74, 6) is -1.00. The number of cyclic esters (lactones) is 1. The molecule has 9 heteroatoms. The summed E-state index contributed by atoms with van der Waals surface area (Å²) in [6, 6.07) is 7.56. The third-order valence-corrected chi connectivity index (χ3v) is 5.78. The molecule has 0 aromatic heterocycles. The van der Waals surface area contributed by atoms with Crippen molar-refractivity contribution in [2.45, 2.75) is 17.4 Å². The van der Waals surface area contributed by atoms with Crippen LogP contribution >= 0.6 is 0 Å². The molecule has 0 bridgehead atoms. The van der Waals surface area contributed by atoms with Crippen LogP contribution in [0.15, 0.2) is 35.2 Å². The number of nitrogens with zero attached hydrogens (tertiary/aromatic N) is 2. The zero-order chi connectivity index (χ0) is 17.3. The van der Waals surface area contributed by atoms with Crippen LogP contribution in [0, 0.1) is 0 Å². The Morgan fingerprint density at radius 1 is 1.17 bits per heavy atom. The fourth-order valence-corrected chi connectivity index (χ4v) is 3.92. The van der Waals surface area contributed by atoms with Crippen molar-refractivity contribution in [3.05, 3.63) is 30.3 Å². The highest BCUT2D eigenvalue weighted by molar-refractivity contribution is 7.91. The van der Waals surface area contributed by atoms with Crippen molar-refractivity contribution in [3.63, 3.8) is 0 Å². The van der Waals surface area contributed by atoms with E-state index in [1.165, 1.54) is 17.0 Å². The fourth-order valence-electron chi connectivity index (χ4n) is 2.66. The van der Waals surface area contributed by atoms with Crippen LogP contribution in [0.3, 0.4) is 0 Å². The minimum atomic E-state index is -3.51. The molecule has 0 saturated carbocycles. The van der Waals surface area contributed by atoms with Gasteiger partial charge in [-0.05, 0) is 12.1 Å². The molecule has 0 N–H and O–H groups in total. The lowest BCUT2D eigenvalue weighted by molar-refractivity contribution is -0.141. The molecule has 2 fully saturated rings. The van der Waals surface area contributed by atoms with Gasteiger partial charge in [0.1, 0.15) is 0 Å². The normalized spacial score (nSPS) is 18.5. The van der Waals surface area contributed by atoms with E-state index in [-0.39, 0.29) is 48.7 Å². The molecule has 2 aliphatic heterocycles. The van der Waals surface area contributed by atoms with Gasteiger partial charge in [0.05, 0.1) is 16.7 Å². The van der Waals surface area contributed by atoms with E-state index < -0.39 is 21.8 Å². The molecule has 3 amide bonds. The molecule has 24 heavy (non-hydrogen) atoms. The van der Waals surface area contributed by atoms with Crippen molar-refractivity contribution in [2.75, 3.05) is 25.4 Å². The van der Waals surface area contributed by atoms with Crippen LogP contribution in [-0.2, 0) is 24.2 Å². The van der Waals surface area contributed by atoms with E-state index in [0.717, 1.165) is 4.90 Å². The molecule has 2 aliphatic rings. The van der Waals surface area contributed by atoms with Crippen molar-refractivity contribution in [1.82, 2.24) is 9.80 Å². The number of hydrogen-bond donors (Lipinski definition) is 0. The van der Waals surface area contributed by atoms with Crippen LogP contribution in [0.2, 0.25) is 0 Å². The van der Waals surface area contributed by atoms with Gasteiger partial charge in [-0.2, -0.15) is 0 Å². The number of rotatable bonds is 5. The molecular formula is C15H16N2O6S. The monoisotopic (exact) mass is 352 g/mol. The summed E-state index contributed by atoms with van der Waals surface area (Å²) in [6.45, 7) is 0.161.